The number of anilines is 1. The van der Waals surface area contributed by atoms with Gasteiger partial charge in [-0.2, -0.15) is 0 Å². The molecule has 5 nitrogen and oxygen atoms in total. The smallest absolute Gasteiger partial charge is 0.219 e. The molecule has 3 rings (SSSR count). The topological polar surface area (TPSA) is 49.3 Å². The van der Waals surface area contributed by atoms with Gasteiger partial charge in [0.05, 0.1) is 0 Å². The van der Waals surface area contributed by atoms with E-state index >= 15 is 0 Å². The van der Waals surface area contributed by atoms with Crippen LogP contribution in [-0.4, -0.2) is 47.0 Å². The maximum atomic E-state index is 11.7. The van der Waals surface area contributed by atoms with Crippen molar-refractivity contribution in [2.45, 2.75) is 47.0 Å². The molecule has 0 unspecified atom stereocenters. The Bertz CT molecular complexity index is 806. The number of hydrogen-bond acceptors (Lipinski definition) is 4. The number of aromatic nitrogens is 2. The molecule has 5 heteroatoms. The number of amides is 1. The zero-order chi connectivity index (χ0) is 19.6. The van der Waals surface area contributed by atoms with Crippen LogP contribution in [0.25, 0.3) is 0 Å². The van der Waals surface area contributed by atoms with Gasteiger partial charge in [0.2, 0.25) is 5.91 Å². The summed E-state index contributed by atoms with van der Waals surface area (Å²) in [5.74, 6) is 2.37. The summed E-state index contributed by atoms with van der Waals surface area (Å²) in [5, 5.41) is 0. The highest BCUT2D eigenvalue weighted by Gasteiger charge is 2.24. The van der Waals surface area contributed by atoms with Gasteiger partial charge in [0.1, 0.15) is 11.6 Å². The molecule has 0 atom stereocenters. The average Bonchev–Trinajstić information content (AvgIpc) is 2.64. The zero-order valence-electron chi connectivity index (χ0n) is 17.1. The summed E-state index contributed by atoms with van der Waals surface area (Å²) in [5.41, 5.74) is 4.79. The molecule has 1 amide bonds. The molecule has 27 heavy (non-hydrogen) atoms. The van der Waals surface area contributed by atoms with Crippen molar-refractivity contribution in [2.24, 2.45) is 0 Å². The predicted octanol–water partition coefficient (Wildman–Crippen LogP) is 3.48. The Morgan fingerprint density at radius 3 is 2.22 bits per heavy atom. The molecule has 0 spiro atoms. The van der Waals surface area contributed by atoms with Crippen molar-refractivity contribution in [3.05, 3.63) is 52.5 Å². The molecule has 1 aliphatic heterocycles. The lowest BCUT2D eigenvalue weighted by Crippen LogP contribution is -2.48. The first kappa shape index (κ1) is 19.3. The first-order valence-corrected chi connectivity index (χ1v) is 9.78. The minimum Gasteiger partial charge on any atom is -0.353 e. The van der Waals surface area contributed by atoms with Crippen molar-refractivity contribution in [1.82, 2.24) is 14.9 Å². The maximum absolute atomic E-state index is 11.7. The number of benzene rings is 1. The Balaban J connectivity index is 1.94. The molecule has 1 aliphatic rings. The zero-order valence-corrected chi connectivity index (χ0v) is 17.1. The van der Waals surface area contributed by atoms with Crippen molar-refractivity contribution in [2.75, 3.05) is 31.1 Å². The molecule has 2 aromatic rings. The van der Waals surface area contributed by atoms with E-state index in [4.69, 9.17) is 9.97 Å². The molecule has 144 valence electrons. The van der Waals surface area contributed by atoms with E-state index in [-0.39, 0.29) is 11.8 Å². The van der Waals surface area contributed by atoms with Crippen molar-refractivity contribution < 1.29 is 4.79 Å². The summed E-state index contributed by atoms with van der Waals surface area (Å²) in [6, 6.07) is 8.67. The number of carbonyl (C=O) groups excluding carboxylic acids is 1. The van der Waals surface area contributed by atoms with Crippen LogP contribution in [0.4, 0.5) is 5.82 Å². The standard InChI is InChI=1S/C22H30N4O/c1-15(2)21-23-17(4)20(14-19-8-6-16(3)7-9-19)22(24-21)26-12-10-25(11-13-26)18(5)27/h6-9,15H,10-14H2,1-5H3. The summed E-state index contributed by atoms with van der Waals surface area (Å²) < 4.78 is 0. The van der Waals surface area contributed by atoms with Gasteiger partial charge >= 0.3 is 0 Å². The first-order valence-electron chi connectivity index (χ1n) is 9.78. The van der Waals surface area contributed by atoms with Crippen LogP contribution in [0.15, 0.2) is 24.3 Å². The number of carbonyl (C=O) groups is 1. The van der Waals surface area contributed by atoms with Crippen LogP contribution in [-0.2, 0) is 11.2 Å². The molecule has 0 N–H and O–H groups in total. The lowest BCUT2D eigenvalue weighted by Gasteiger charge is -2.36. The Kier molecular flexibility index (Phi) is 5.78. The third-order valence-electron chi connectivity index (χ3n) is 5.25. The van der Waals surface area contributed by atoms with E-state index in [1.165, 1.54) is 16.7 Å². The van der Waals surface area contributed by atoms with Gasteiger partial charge in [0.25, 0.3) is 0 Å². The Labute approximate surface area is 162 Å². The second kappa shape index (κ2) is 8.07. The fraction of sp³-hybridized carbons (Fsp3) is 0.500. The normalized spacial score (nSPS) is 14.7. The van der Waals surface area contributed by atoms with Crippen molar-refractivity contribution in [1.29, 1.82) is 0 Å². The molecule has 0 bridgehead atoms. The van der Waals surface area contributed by atoms with E-state index in [9.17, 15) is 4.79 Å². The highest BCUT2D eigenvalue weighted by atomic mass is 16.2. The van der Waals surface area contributed by atoms with Crippen LogP contribution in [0.5, 0.6) is 0 Å². The molecule has 1 aromatic carbocycles. The van der Waals surface area contributed by atoms with Gasteiger partial charge in [0.15, 0.2) is 0 Å². The van der Waals surface area contributed by atoms with Gasteiger partial charge in [-0.25, -0.2) is 9.97 Å². The number of piperazine rings is 1. The largest absolute Gasteiger partial charge is 0.353 e. The van der Waals surface area contributed by atoms with E-state index in [0.29, 0.717) is 0 Å². The summed E-state index contributed by atoms with van der Waals surface area (Å²) in [4.78, 5) is 25.6. The lowest BCUT2D eigenvalue weighted by molar-refractivity contribution is -0.129. The number of nitrogens with zero attached hydrogens (tertiary/aromatic N) is 4. The molecular weight excluding hydrogens is 336 g/mol. The van der Waals surface area contributed by atoms with Crippen LogP contribution in [0, 0.1) is 13.8 Å². The third-order valence-corrected chi connectivity index (χ3v) is 5.25. The number of aryl methyl sites for hydroxylation is 2. The maximum Gasteiger partial charge on any atom is 0.219 e. The Morgan fingerprint density at radius 1 is 1.04 bits per heavy atom. The highest BCUT2D eigenvalue weighted by molar-refractivity contribution is 5.73. The summed E-state index contributed by atoms with van der Waals surface area (Å²) >= 11 is 0. The second-order valence-corrected chi connectivity index (χ2v) is 7.78. The monoisotopic (exact) mass is 366 g/mol. The van der Waals surface area contributed by atoms with Crippen molar-refractivity contribution >= 4 is 11.7 Å². The molecule has 0 saturated carbocycles. The minimum atomic E-state index is 0.149. The molecular formula is C22H30N4O. The molecule has 1 fully saturated rings. The van der Waals surface area contributed by atoms with Crippen LogP contribution < -0.4 is 4.90 Å². The van der Waals surface area contributed by atoms with Crippen molar-refractivity contribution in [3.63, 3.8) is 0 Å². The average molecular weight is 367 g/mol. The van der Waals surface area contributed by atoms with Gasteiger partial charge in [-0.05, 0) is 19.4 Å². The summed E-state index contributed by atoms with van der Waals surface area (Å²) in [7, 11) is 0. The molecule has 1 saturated heterocycles. The fourth-order valence-electron chi connectivity index (χ4n) is 3.47. The van der Waals surface area contributed by atoms with E-state index < -0.39 is 0 Å². The second-order valence-electron chi connectivity index (χ2n) is 7.78. The number of hydrogen-bond donors (Lipinski definition) is 0. The van der Waals surface area contributed by atoms with Gasteiger partial charge in [0, 0.05) is 56.7 Å². The molecule has 1 aromatic heterocycles. The molecule has 2 heterocycles. The quantitative estimate of drug-likeness (QED) is 0.831. The summed E-state index contributed by atoms with van der Waals surface area (Å²) in [6.45, 7) is 13.2. The Hall–Kier alpha value is -2.43. The van der Waals surface area contributed by atoms with Gasteiger partial charge in [-0.3, -0.25) is 4.79 Å². The number of rotatable bonds is 4. The molecule has 0 radical (unpaired) electrons. The third kappa shape index (κ3) is 4.46. The van der Waals surface area contributed by atoms with Crippen LogP contribution in [0.1, 0.15) is 54.9 Å². The predicted molar refractivity (Wildman–Crippen MR) is 109 cm³/mol. The summed E-state index contributed by atoms with van der Waals surface area (Å²) in [6.07, 6.45) is 0.826. The van der Waals surface area contributed by atoms with E-state index in [1.807, 2.05) is 4.90 Å². The highest BCUT2D eigenvalue weighted by Crippen LogP contribution is 2.27. The van der Waals surface area contributed by atoms with Gasteiger partial charge in [-0.1, -0.05) is 43.7 Å². The lowest BCUT2D eigenvalue weighted by atomic mass is 10.0. The molecule has 0 aliphatic carbocycles. The van der Waals surface area contributed by atoms with E-state index in [1.54, 1.807) is 6.92 Å². The minimum absolute atomic E-state index is 0.149. The SMILES string of the molecule is CC(=O)N1CCN(c2nc(C(C)C)nc(C)c2Cc2ccc(C)cc2)CC1. The van der Waals surface area contributed by atoms with Gasteiger partial charge < -0.3 is 9.80 Å². The van der Waals surface area contributed by atoms with E-state index in [2.05, 4.69) is 56.9 Å². The van der Waals surface area contributed by atoms with Crippen LogP contribution in [0.3, 0.4) is 0 Å². The van der Waals surface area contributed by atoms with E-state index in [0.717, 1.165) is 49.9 Å². The van der Waals surface area contributed by atoms with Crippen molar-refractivity contribution in [3.8, 4) is 0 Å². The fourth-order valence-corrected chi connectivity index (χ4v) is 3.47. The Morgan fingerprint density at radius 2 is 1.67 bits per heavy atom. The first-order chi connectivity index (χ1) is 12.8. The van der Waals surface area contributed by atoms with Crippen LogP contribution in [0.2, 0.25) is 0 Å². The van der Waals surface area contributed by atoms with Crippen LogP contribution >= 0.6 is 0 Å². The van der Waals surface area contributed by atoms with Gasteiger partial charge in [-0.15, -0.1) is 0 Å².